The molecule has 4 heteroatoms. The van der Waals surface area contributed by atoms with Crippen molar-refractivity contribution in [2.24, 2.45) is 5.73 Å². The molecule has 0 radical (unpaired) electrons. The van der Waals surface area contributed by atoms with Gasteiger partial charge < -0.3 is 15.0 Å². The van der Waals surface area contributed by atoms with Crippen molar-refractivity contribution in [1.82, 2.24) is 0 Å². The van der Waals surface area contributed by atoms with Gasteiger partial charge >= 0.3 is 0 Å². The normalized spacial score (nSPS) is 22.2. The van der Waals surface area contributed by atoms with E-state index in [1.165, 1.54) is 0 Å². The lowest BCUT2D eigenvalue weighted by atomic mass is 9.80. The van der Waals surface area contributed by atoms with Crippen LogP contribution in [0.2, 0.25) is 0 Å². The van der Waals surface area contributed by atoms with E-state index in [2.05, 4.69) is 36.4 Å². The standard InChI is InChI=1S/C24H26NO2P/c25-23-16-17-28(26,18-23)19-27-24(20-10-4-1-5-11-20,21-12-6-2-7-13-21)22-14-8-3-9-15-22/h1-15,23H,16-19,25H2/t23-,28?/m0/s1. The maximum Gasteiger partial charge on any atom is 0.144 e. The van der Waals surface area contributed by atoms with Gasteiger partial charge in [0.25, 0.3) is 0 Å². The van der Waals surface area contributed by atoms with Crippen LogP contribution in [0.5, 0.6) is 0 Å². The average Bonchev–Trinajstić information content (AvgIpc) is 3.10. The summed E-state index contributed by atoms with van der Waals surface area (Å²) in [5.74, 6) is 0. The van der Waals surface area contributed by atoms with E-state index in [9.17, 15) is 4.57 Å². The summed E-state index contributed by atoms with van der Waals surface area (Å²) in [6.45, 7) is 0. The SMILES string of the molecule is N[C@H]1CCP(=O)(COC(c2ccccc2)(c2ccccc2)c2ccccc2)C1. The van der Waals surface area contributed by atoms with Gasteiger partial charge in [-0.05, 0) is 23.1 Å². The summed E-state index contributed by atoms with van der Waals surface area (Å²) < 4.78 is 20.1. The number of rotatable bonds is 6. The summed E-state index contributed by atoms with van der Waals surface area (Å²) in [5, 5.41) is 0. The molecule has 2 atom stereocenters. The minimum atomic E-state index is -2.43. The molecular weight excluding hydrogens is 365 g/mol. The molecule has 0 amide bonds. The van der Waals surface area contributed by atoms with Crippen molar-refractivity contribution in [3.05, 3.63) is 108 Å². The molecule has 3 nitrogen and oxygen atoms in total. The molecule has 3 aromatic carbocycles. The average molecular weight is 391 g/mol. The fraction of sp³-hybridized carbons (Fsp3) is 0.250. The van der Waals surface area contributed by atoms with Crippen LogP contribution >= 0.6 is 7.14 Å². The third kappa shape index (κ3) is 3.71. The van der Waals surface area contributed by atoms with Gasteiger partial charge in [0.15, 0.2) is 0 Å². The minimum absolute atomic E-state index is 0.0222. The molecule has 0 aliphatic carbocycles. The Morgan fingerprint density at radius 1 is 0.821 bits per heavy atom. The first-order valence-electron chi connectivity index (χ1n) is 9.76. The van der Waals surface area contributed by atoms with Crippen molar-refractivity contribution in [2.75, 3.05) is 18.7 Å². The third-order valence-corrected chi connectivity index (χ3v) is 8.34. The van der Waals surface area contributed by atoms with Gasteiger partial charge in [0.05, 0.1) is 0 Å². The predicted octanol–water partition coefficient (Wildman–Crippen LogP) is 5.05. The Morgan fingerprint density at radius 3 is 1.61 bits per heavy atom. The maximum absolute atomic E-state index is 13.4. The molecule has 0 bridgehead atoms. The van der Waals surface area contributed by atoms with Gasteiger partial charge in [0.2, 0.25) is 0 Å². The lowest BCUT2D eigenvalue weighted by molar-refractivity contribution is 0.0424. The van der Waals surface area contributed by atoms with Gasteiger partial charge in [-0.3, -0.25) is 0 Å². The first-order valence-corrected chi connectivity index (χ1v) is 12.0. The highest BCUT2D eigenvalue weighted by molar-refractivity contribution is 7.64. The molecule has 1 heterocycles. The lowest BCUT2D eigenvalue weighted by Gasteiger charge is -2.36. The van der Waals surface area contributed by atoms with Crippen molar-refractivity contribution in [3.63, 3.8) is 0 Å². The van der Waals surface area contributed by atoms with E-state index in [4.69, 9.17) is 10.5 Å². The molecule has 1 saturated heterocycles. The van der Waals surface area contributed by atoms with Crippen molar-refractivity contribution >= 4 is 7.14 Å². The summed E-state index contributed by atoms with van der Waals surface area (Å²) in [4.78, 5) is 0. The molecule has 1 fully saturated rings. The van der Waals surface area contributed by atoms with Crippen LogP contribution in [-0.4, -0.2) is 24.7 Å². The molecule has 0 aromatic heterocycles. The van der Waals surface area contributed by atoms with E-state index in [-0.39, 0.29) is 12.4 Å². The van der Waals surface area contributed by atoms with Crippen LogP contribution in [0.25, 0.3) is 0 Å². The monoisotopic (exact) mass is 391 g/mol. The largest absolute Gasteiger partial charge is 0.353 e. The van der Waals surface area contributed by atoms with Crippen molar-refractivity contribution in [2.45, 2.75) is 18.1 Å². The molecular formula is C24H26NO2P. The Hall–Kier alpha value is -2.19. The van der Waals surface area contributed by atoms with E-state index < -0.39 is 12.7 Å². The zero-order valence-corrected chi connectivity index (χ0v) is 16.8. The van der Waals surface area contributed by atoms with Crippen LogP contribution < -0.4 is 5.73 Å². The molecule has 0 spiro atoms. The summed E-state index contributed by atoms with van der Waals surface area (Å²) >= 11 is 0. The van der Waals surface area contributed by atoms with Gasteiger partial charge in [0.1, 0.15) is 19.1 Å². The molecule has 0 saturated carbocycles. The van der Waals surface area contributed by atoms with Crippen LogP contribution in [0.4, 0.5) is 0 Å². The highest BCUT2D eigenvalue weighted by Crippen LogP contribution is 2.54. The summed E-state index contributed by atoms with van der Waals surface area (Å²) in [6, 6.07) is 30.6. The van der Waals surface area contributed by atoms with E-state index in [0.29, 0.717) is 12.3 Å². The zero-order chi connectivity index (χ0) is 19.5. The predicted molar refractivity (Wildman–Crippen MR) is 115 cm³/mol. The van der Waals surface area contributed by atoms with Crippen LogP contribution in [0.1, 0.15) is 23.1 Å². The topological polar surface area (TPSA) is 52.3 Å². The van der Waals surface area contributed by atoms with Gasteiger partial charge in [-0.1, -0.05) is 91.0 Å². The first-order chi connectivity index (χ1) is 13.6. The molecule has 1 aliphatic heterocycles. The molecule has 28 heavy (non-hydrogen) atoms. The van der Waals surface area contributed by atoms with Gasteiger partial charge in [-0.2, -0.15) is 0 Å². The van der Waals surface area contributed by atoms with Crippen LogP contribution in [0, 0.1) is 0 Å². The minimum Gasteiger partial charge on any atom is -0.353 e. The zero-order valence-electron chi connectivity index (χ0n) is 15.9. The Kier molecular flexibility index (Phi) is 5.50. The summed E-state index contributed by atoms with van der Waals surface area (Å²) in [6.07, 6.45) is 2.29. The van der Waals surface area contributed by atoms with Crippen molar-refractivity contribution in [3.8, 4) is 0 Å². The van der Waals surface area contributed by atoms with Gasteiger partial charge in [0, 0.05) is 18.4 Å². The van der Waals surface area contributed by atoms with E-state index in [1.54, 1.807) is 0 Å². The smallest absolute Gasteiger partial charge is 0.144 e. The number of nitrogens with two attached hydrogens (primary N) is 1. The fourth-order valence-electron chi connectivity index (χ4n) is 4.11. The van der Waals surface area contributed by atoms with Gasteiger partial charge in [-0.15, -0.1) is 0 Å². The molecule has 1 aliphatic rings. The van der Waals surface area contributed by atoms with E-state index in [0.717, 1.165) is 23.1 Å². The molecule has 144 valence electrons. The van der Waals surface area contributed by atoms with Crippen LogP contribution in [0.15, 0.2) is 91.0 Å². The second kappa shape index (κ2) is 8.05. The summed E-state index contributed by atoms with van der Waals surface area (Å²) in [7, 11) is -2.43. The lowest BCUT2D eigenvalue weighted by Crippen LogP contribution is -2.33. The molecule has 2 N–H and O–H groups in total. The summed E-state index contributed by atoms with van der Waals surface area (Å²) in [5.41, 5.74) is 8.33. The van der Waals surface area contributed by atoms with Crippen LogP contribution in [-0.2, 0) is 14.9 Å². The van der Waals surface area contributed by atoms with E-state index in [1.807, 2.05) is 54.6 Å². The number of ether oxygens (including phenoxy) is 1. The number of hydrogen-bond acceptors (Lipinski definition) is 3. The quantitative estimate of drug-likeness (QED) is 0.473. The number of benzene rings is 3. The van der Waals surface area contributed by atoms with Gasteiger partial charge in [-0.25, -0.2) is 0 Å². The Bertz CT molecular complexity index is 847. The Labute approximate surface area is 166 Å². The van der Waals surface area contributed by atoms with Crippen LogP contribution in [0.3, 0.4) is 0 Å². The fourth-order valence-corrected chi connectivity index (χ4v) is 6.80. The highest BCUT2D eigenvalue weighted by Gasteiger charge is 2.41. The Morgan fingerprint density at radius 2 is 1.25 bits per heavy atom. The van der Waals surface area contributed by atoms with Crippen molar-refractivity contribution in [1.29, 1.82) is 0 Å². The van der Waals surface area contributed by atoms with Crippen molar-refractivity contribution < 1.29 is 9.30 Å². The Balaban J connectivity index is 1.85. The highest BCUT2D eigenvalue weighted by atomic mass is 31.2. The number of hydrogen-bond donors (Lipinski definition) is 1. The third-order valence-electron chi connectivity index (χ3n) is 5.53. The first kappa shape index (κ1) is 19.1. The second-order valence-corrected chi connectivity index (χ2v) is 10.8. The second-order valence-electron chi connectivity index (χ2n) is 7.57. The maximum atomic E-state index is 13.4. The van der Waals surface area contributed by atoms with E-state index >= 15 is 0 Å². The molecule has 4 rings (SSSR count). The molecule has 3 aromatic rings. The molecule has 1 unspecified atom stereocenters.